The molecular formula is C32H29F2N3O2. The first kappa shape index (κ1) is 24.4. The minimum absolute atomic E-state index is 0.0603. The van der Waals surface area contributed by atoms with Gasteiger partial charge in [0.2, 0.25) is 0 Å². The molecule has 4 atom stereocenters. The molecule has 198 valence electrons. The van der Waals surface area contributed by atoms with E-state index in [1.165, 1.54) is 24.3 Å². The number of fused-ring (bicyclic) bond motifs is 5. The van der Waals surface area contributed by atoms with Gasteiger partial charge >= 0.3 is 0 Å². The molecule has 1 amide bonds. The molecule has 39 heavy (non-hydrogen) atoms. The molecule has 5 nitrogen and oxygen atoms in total. The summed E-state index contributed by atoms with van der Waals surface area (Å²) in [5, 5.41) is 3.13. The van der Waals surface area contributed by atoms with Gasteiger partial charge in [-0.05, 0) is 74.0 Å². The number of amides is 1. The number of piperidine rings is 1. The second-order valence-electron chi connectivity index (χ2n) is 11.3. The molecule has 0 unspecified atom stereocenters. The zero-order valence-corrected chi connectivity index (χ0v) is 21.7. The Bertz CT molecular complexity index is 1520. The van der Waals surface area contributed by atoms with E-state index in [-0.39, 0.29) is 35.3 Å². The minimum atomic E-state index is -1.21. The first-order chi connectivity index (χ1) is 18.9. The van der Waals surface area contributed by atoms with E-state index >= 15 is 4.79 Å². The Morgan fingerprint density at radius 2 is 1.64 bits per heavy atom. The number of nitrogens with zero attached hydrogens (tertiary/aromatic N) is 2. The van der Waals surface area contributed by atoms with Crippen molar-refractivity contribution < 1.29 is 18.4 Å². The molecule has 4 aliphatic heterocycles. The highest BCUT2D eigenvalue weighted by molar-refractivity contribution is 6.16. The summed E-state index contributed by atoms with van der Waals surface area (Å²) in [5.41, 5.74) is 1.37. The normalized spacial score (nSPS) is 31.3. The number of para-hydroxylation sites is 1. The molecule has 7 heteroatoms. The van der Waals surface area contributed by atoms with E-state index in [9.17, 15) is 13.6 Å². The molecule has 0 radical (unpaired) electrons. The van der Waals surface area contributed by atoms with Crippen LogP contribution in [0.5, 0.6) is 0 Å². The number of hydrogen-bond acceptors (Lipinski definition) is 4. The van der Waals surface area contributed by atoms with Gasteiger partial charge in [0.15, 0.2) is 5.78 Å². The van der Waals surface area contributed by atoms with Gasteiger partial charge in [0.1, 0.15) is 17.2 Å². The van der Waals surface area contributed by atoms with Crippen LogP contribution in [-0.4, -0.2) is 54.2 Å². The summed E-state index contributed by atoms with van der Waals surface area (Å²) in [6.45, 7) is 1.49. The van der Waals surface area contributed by atoms with Gasteiger partial charge in [-0.15, -0.1) is 0 Å². The monoisotopic (exact) mass is 525 g/mol. The summed E-state index contributed by atoms with van der Waals surface area (Å²) in [4.78, 5) is 33.9. The molecular weight excluding hydrogens is 496 g/mol. The average Bonchev–Trinajstić information content (AvgIpc) is 3.57. The molecule has 0 bridgehead atoms. The number of carbonyl (C=O) groups excluding carboxylic acids is 2. The number of halogens is 2. The van der Waals surface area contributed by atoms with Gasteiger partial charge in [0, 0.05) is 41.9 Å². The molecule has 4 aliphatic rings. The molecule has 0 saturated carbocycles. The van der Waals surface area contributed by atoms with Gasteiger partial charge in [-0.1, -0.05) is 42.5 Å². The lowest BCUT2D eigenvalue weighted by atomic mass is 9.55. The Hall–Kier alpha value is -3.68. The molecule has 3 fully saturated rings. The number of nitrogens with one attached hydrogen (secondary N) is 1. The van der Waals surface area contributed by atoms with E-state index in [0.29, 0.717) is 25.2 Å². The molecule has 3 saturated heterocycles. The maximum absolute atomic E-state index is 15.1. The lowest BCUT2D eigenvalue weighted by Gasteiger charge is -2.51. The van der Waals surface area contributed by atoms with Crippen molar-refractivity contribution in [3.8, 4) is 0 Å². The van der Waals surface area contributed by atoms with E-state index in [4.69, 9.17) is 0 Å². The van der Waals surface area contributed by atoms with Crippen LogP contribution in [0.25, 0.3) is 6.08 Å². The number of rotatable bonds is 2. The van der Waals surface area contributed by atoms with E-state index in [1.54, 1.807) is 24.3 Å². The lowest BCUT2D eigenvalue weighted by molar-refractivity contribution is -0.147. The summed E-state index contributed by atoms with van der Waals surface area (Å²) in [6, 6.07) is 20.2. The second kappa shape index (κ2) is 8.66. The molecule has 7 rings (SSSR count). The van der Waals surface area contributed by atoms with Crippen molar-refractivity contribution in [3.63, 3.8) is 0 Å². The molecule has 1 N–H and O–H groups in total. The summed E-state index contributed by atoms with van der Waals surface area (Å²) in [7, 11) is 1.98. The SMILES string of the molecule is CN1C/C(=C\c2ccc(F)cc2)C(=O)[C@]2(C1)[C@@H](c1ccc(F)cc1)[C@@H]1CCCN1[C@@]21C(=O)Nc2ccccc21. The van der Waals surface area contributed by atoms with Crippen LogP contribution in [0.15, 0.2) is 78.4 Å². The van der Waals surface area contributed by atoms with Crippen molar-refractivity contribution in [3.05, 3.63) is 107 Å². The van der Waals surface area contributed by atoms with Crippen molar-refractivity contribution in [2.45, 2.75) is 30.3 Å². The van der Waals surface area contributed by atoms with Crippen LogP contribution in [-0.2, 0) is 15.1 Å². The summed E-state index contributed by atoms with van der Waals surface area (Å²) in [5.74, 6) is -1.25. The third-order valence-corrected chi connectivity index (χ3v) is 9.28. The summed E-state index contributed by atoms with van der Waals surface area (Å²) >= 11 is 0. The van der Waals surface area contributed by atoms with Gasteiger partial charge in [0.25, 0.3) is 5.91 Å². The number of likely N-dealkylation sites (tertiary alicyclic amines) is 1. The van der Waals surface area contributed by atoms with Gasteiger partial charge in [-0.25, -0.2) is 8.78 Å². The Morgan fingerprint density at radius 3 is 2.38 bits per heavy atom. The zero-order chi connectivity index (χ0) is 26.9. The third kappa shape index (κ3) is 3.23. The Morgan fingerprint density at radius 1 is 0.949 bits per heavy atom. The Kier molecular flexibility index (Phi) is 5.41. The van der Waals surface area contributed by atoms with Gasteiger partial charge in [0.05, 0.1) is 5.41 Å². The van der Waals surface area contributed by atoms with Crippen LogP contribution >= 0.6 is 0 Å². The minimum Gasteiger partial charge on any atom is -0.324 e. The standard InChI is InChI=1S/C32H29F2N3O2/c1-36-18-22(17-20-8-12-23(33)13-9-20)29(38)31(19-36)28(21-10-14-24(34)15-11-21)27-7-4-16-37(27)32(31)25-5-2-3-6-26(25)35-30(32)39/h2-3,5-6,8-15,17,27-28H,4,7,16,18-19H2,1H3,(H,35,39)/b22-17+/t27-,28-,31-,32-/m0/s1. The highest BCUT2D eigenvalue weighted by Crippen LogP contribution is 2.68. The topological polar surface area (TPSA) is 52.7 Å². The average molecular weight is 526 g/mol. The first-order valence-corrected chi connectivity index (χ1v) is 13.5. The number of carbonyl (C=O) groups is 2. The fraction of sp³-hybridized carbons (Fsp3) is 0.312. The maximum Gasteiger partial charge on any atom is 0.250 e. The Balaban J connectivity index is 1.52. The predicted octanol–water partition coefficient (Wildman–Crippen LogP) is 4.96. The fourth-order valence-corrected chi connectivity index (χ4v) is 8.10. The largest absolute Gasteiger partial charge is 0.324 e. The number of ketones is 1. The van der Waals surface area contributed by atoms with Crippen LogP contribution in [0.1, 0.15) is 35.4 Å². The van der Waals surface area contributed by atoms with Crippen molar-refractivity contribution in [1.29, 1.82) is 0 Å². The van der Waals surface area contributed by atoms with E-state index in [0.717, 1.165) is 35.2 Å². The summed E-state index contributed by atoms with van der Waals surface area (Å²) < 4.78 is 27.8. The van der Waals surface area contributed by atoms with Crippen LogP contribution in [0, 0.1) is 17.0 Å². The lowest BCUT2D eigenvalue weighted by Crippen LogP contribution is -2.65. The number of likely N-dealkylation sites (N-methyl/N-ethyl adjacent to an activating group) is 1. The molecule has 4 heterocycles. The van der Waals surface area contributed by atoms with E-state index in [1.807, 2.05) is 37.4 Å². The summed E-state index contributed by atoms with van der Waals surface area (Å²) in [6.07, 6.45) is 3.59. The van der Waals surface area contributed by atoms with Crippen molar-refractivity contribution in [2.24, 2.45) is 5.41 Å². The van der Waals surface area contributed by atoms with E-state index in [2.05, 4.69) is 15.1 Å². The third-order valence-electron chi connectivity index (χ3n) is 9.28. The van der Waals surface area contributed by atoms with Gasteiger partial charge in [-0.2, -0.15) is 0 Å². The van der Waals surface area contributed by atoms with Gasteiger partial charge in [-0.3, -0.25) is 14.5 Å². The maximum atomic E-state index is 15.1. The molecule has 3 aromatic carbocycles. The molecule has 0 aliphatic carbocycles. The Labute approximate surface area is 226 Å². The van der Waals surface area contributed by atoms with Crippen LogP contribution in [0.3, 0.4) is 0 Å². The quantitative estimate of drug-likeness (QED) is 0.481. The van der Waals surface area contributed by atoms with Crippen LogP contribution in [0.2, 0.25) is 0 Å². The highest BCUT2D eigenvalue weighted by Gasteiger charge is 2.78. The fourth-order valence-electron chi connectivity index (χ4n) is 8.10. The van der Waals surface area contributed by atoms with Crippen molar-refractivity contribution >= 4 is 23.5 Å². The molecule has 3 aromatic rings. The smallest absolute Gasteiger partial charge is 0.250 e. The highest BCUT2D eigenvalue weighted by atomic mass is 19.1. The molecule has 0 aromatic heterocycles. The van der Waals surface area contributed by atoms with Crippen LogP contribution in [0.4, 0.5) is 14.5 Å². The zero-order valence-electron chi connectivity index (χ0n) is 21.7. The number of hydrogen-bond donors (Lipinski definition) is 1. The van der Waals surface area contributed by atoms with Gasteiger partial charge < -0.3 is 10.2 Å². The van der Waals surface area contributed by atoms with Crippen molar-refractivity contribution in [1.82, 2.24) is 9.80 Å². The number of anilines is 1. The second-order valence-corrected chi connectivity index (χ2v) is 11.3. The first-order valence-electron chi connectivity index (χ1n) is 13.5. The molecule has 2 spiro atoms. The van der Waals surface area contributed by atoms with Crippen molar-refractivity contribution in [2.75, 3.05) is 32.0 Å². The number of benzene rings is 3. The number of Topliss-reactive ketones (excluding diaryl/α,β-unsaturated/α-hetero) is 1. The van der Waals surface area contributed by atoms with Crippen LogP contribution < -0.4 is 5.32 Å². The van der Waals surface area contributed by atoms with E-state index < -0.39 is 11.0 Å². The predicted molar refractivity (Wildman–Crippen MR) is 145 cm³/mol.